The van der Waals surface area contributed by atoms with Crippen LogP contribution in [0.25, 0.3) is 0 Å². The minimum absolute atomic E-state index is 0.271. The molecule has 0 radical (unpaired) electrons. The molecule has 0 fully saturated rings. The molecule has 0 bridgehead atoms. The minimum atomic E-state index is -0.696. The maximum Gasteiger partial charge on any atom is 0.336 e. The summed E-state index contributed by atoms with van der Waals surface area (Å²) in [5, 5.41) is 0. The number of hydroxylamine groups is 1. The van der Waals surface area contributed by atoms with E-state index in [-0.39, 0.29) is 12.0 Å². The molecule has 0 aromatic rings. The van der Waals surface area contributed by atoms with E-state index in [1.165, 1.54) is 36.0 Å². The molecule has 0 aliphatic heterocycles. The lowest BCUT2D eigenvalue weighted by molar-refractivity contribution is 0.0850. The summed E-state index contributed by atoms with van der Waals surface area (Å²) in [4.78, 5) is 15.3. The number of hydrogen-bond acceptors (Lipinski definition) is 2. The predicted octanol–water partition coefficient (Wildman–Crippen LogP) is 5.12. The van der Waals surface area contributed by atoms with Crippen LogP contribution in [-0.4, -0.2) is 12.6 Å². The first-order chi connectivity index (χ1) is 11.7. The van der Waals surface area contributed by atoms with Crippen molar-refractivity contribution in [2.75, 3.05) is 6.61 Å². The number of amides is 2. The van der Waals surface area contributed by atoms with Crippen molar-refractivity contribution >= 4 is 6.03 Å². The predicted molar refractivity (Wildman–Crippen MR) is 105 cm³/mol. The van der Waals surface area contributed by atoms with Gasteiger partial charge in [0.1, 0.15) is 0 Å². The van der Waals surface area contributed by atoms with Crippen LogP contribution in [-0.2, 0) is 4.84 Å². The van der Waals surface area contributed by atoms with Gasteiger partial charge in [0, 0.05) is 0 Å². The van der Waals surface area contributed by atoms with Crippen molar-refractivity contribution < 1.29 is 9.63 Å². The quantitative estimate of drug-likeness (QED) is 0.382. The van der Waals surface area contributed by atoms with E-state index in [1.807, 2.05) is 25.2 Å². The van der Waals surface area contributed by atoms with Crippen molar-refractivity contribution in [3.05, 3.63) is 58.7 Å². The smallest absolute Gasteiger partial charge is 0.336 e. The van der Waals surface area contributed by atoms with Crippen molar-refractivity contribution in [2.45, 2.75) is 53.9 Å². The van der Waals surface area contributed by atoms with E-state index in [2.05, 4.69) is 51.4 Å². The SMILES string of the molecule is CC1=C(/C=C/C(C)=C/C=C/C(C)=C/CONC(N)=O)C(C)(C)CCC1. The highest BCUT2D eigenvalue weighted by Crippen LogP contribution is 2.40. The van der Waals surface area contributed by atoms with E-state index in [4.69, 9.17) is 10.6 Å². The highest BCUT2D eigenvalue weighted by atomic mass is 16.7. The lowest BCUT2D eigenvalue weighted by Crippen LogP contribution is -2.29. The van der Waals surface area contributed by atoms with Crippen LogP contribution in [0.5, 0.6) is 0 Å². The van der Waals surface area contributed by atoms with E-state index in [0.717, 1.165) is 5.57 Å². The molecule has 4 nitrogen and oxygen atoms in total. The highest BCUT2D eigenvalue weighted by Gasteiger charge is 2.26. The molecule has 25 heavy (non-hydrogen) atoms. The summed E-state index contributed by atoms with van der Waals surface area (Å²) in [6.07, 6.45) is 16.2. The summed E-state index contributed by atoms with van der Waals surface area (Å²) >= 11 is 0. The highest BCUT2D eigenvalue weighted by molar-refractivity contribution is 5.70. The van der Waals surface area contributed by atoms with Gasteiger partial charge < -0.3 is 5.73 Å². The standard InChI is InChI=1S/C21H32N2O2/c1-16(8-6-9-17(2)13-15-25-23-20(22)24)11-12-19-18(3)10-7-14-21(19,4)5/h6,8-9,11-13H,7,10,14-15H2,1-5H3,(H3,22,23,24)/b9-6+,12-11+,16-8+,17-13+. The first kappa shape index (κ1) is 21.0. The topological polar surface area (TPSA) is 64.3 Å². The Labute approximate surface area is 152 Å². The van der Waals surface area contributed by atoms with Gasteiger partial charge in [-0.25, -0.2) is 10.3 Å². The molecule has 0 aromatic heterocycles. The number of rotatable bonds is 7. The van der Waals surface area contributed by atoms with Crippen molar-refractivity contribution in [1.82, 2.24) is 5.48 Å². The molecule has 0 saturated heterocycles. The lowest BCUT2D eigenvalue weighted by atomic mass is 9.72. The van der Waals surface area contributed by atoms with Crippen molar-refractivity contribution in [3.8, 4) is 0 Å². The largest absolute Gasteiger partial charge is 0.350 e. The van der Waals surface area contributed by atoms with Crippen molar-refractivity contribution in [1.29, 1.82) is 0 Å². The molecule has 0 unspecified atom stereocenters. The van der Waals surface area contributed by atoms with E-state index in [0.29, 0.717) is 0 Å². The summed E-state index contributed by atoms with van der Waals surface area (Å²) in [6.45, 7) is 11.3. The summed E-state index contributed by atoms with van der Waals surface area (Å²) in [5.74, 6) is 0. The molecule has 138 valence electrons. The van der Waals surface area contributed by atoms with Crippen LogP contribution >= 0.6 is 0 Å². The molecule has 1 rings (SSSR count). The second-order valence-electron chi connectivity index (χ2n) is 7.26. The van der Waals surface area contributed by atoms with Gasteiger partial charge in [-0.3, -0.25) is 4.84 Å². The zero-order chi connectivity index (χ0) is 18.9. The average molecular weight is 344 g/mol. The van der Waals surface area contributed by atoms with Gasteiger partial charge in [-0.1, -0.05) is 67.0 Å². The second-order valence-corrected chi connectivity index (χ2v) is 7.26. The third-order valence-corrected chi connectivity index (χ3v) is 4.43. The van der Waals surface area contributed by atoms with E-state index in [1.54, 1.807) is 0 Å². The van der Waals surface area contributed by atoms with Gasteiger partial charge in [0.2, 0.25) is 0 Å². The number of primary amides is 1. The molecular weight excluding hydrogens is 312 g/mol. The molecule has 0 saturated carbocycles. The van der Waals surface area contributed by atoms with E-state index >= 15 is 0 Å². The van der Waals surface area contributed by atoms with Gasteiger partial charge in [-0.05, 0) is 51.0 Å². The molecular formula is C21H32N2O2. The summed E-state index contributed by atoms with van der Waals surface area (Å²) in [7, 11) is 0. The van der Waals surface area contributed by atoms with Crippen LogP contribution in [0, 0.1) is 5.41 Å². The van der Waals surface area contributed by atoms with Gasteiger partial charge in [-0.2, -0.15) is 0 Å². The van der Waals surface area contributed by atoms with Gasteiger partial charge in [0.15, 0.2) is 0 Å². The van der Waals surface area contributed by atoms with Crippen LogP contribution in [0.2, 0.25) is 0 Å². The molecule has 0 heterocycles. The van der Waals surface area contributed by atoms with Gasteiger partial charge in [0.05, 0.1) is 6.61 Å². The molecule has 2 amide bonds. The molecule has 4 heteroatoms. The molecule has 0 atom stereocenters. The Morgan fingerprint density at radius 1 is 1.28 bits per heavy atom. The molecule has 1 aliphatic carbocycles. The maximum atomic E-state index is 10.5. The fourth-order valence-corrected chi connectivity index (χ4v) is 2.99. The Morgan fingerprint density at radius 2 is 2.00 bits per heavy atom. The number of nitrogens with one attached hydrogen (secondary N) is 1. The minimum Gasteiger partial charge on any atom is -0.350 e. The Morgan fingerprint density at radius 3 is 2.64 bits per heavy atom. The number of allylic oxidation sites excluding steroid dienone is 9. The number of urea groups is 1. The monoisotopic (exact) mass is 344 g/mol. The first-order valence-corrected chi connectivity index (χ1v) is 8.79. The molecule has 0 aromatic carbocycles. The van der Waals surface area contributed by atoms with E-state index < -0.39 is 6.03 Å². The molecule has 1 aliphatic rings. The van der Waals surface area contributed by atoms with Crippen molar-refractivity contribution in [3.63, 3.8) is 0 Å². The summed E-state index contributed by atoms with van der Waals surface area (Å²) in [6, 6.07) is -0.696. The lowest BCUT2D eigenvalue weighted by Gasteiger charge is -2.32. The third kappa shape index (κ3) is 8.03. The number of carbonyl (C=O) groups excluding carboxylic acids is 1. The Kier molecular flexibility index (Phi) is 8.42. The number of hydrogen-bond donors (Lipinski definition) is 2. The third-order valence-electron chi connectivity index (χ3n) is 4.43. The van der Waals surface area contributed by atoms with Crippen LogP contribution in [0.3, 0.4) is 0 Å². The fourth-order valence-electron chi connectivity index (χ4n) is 2.99. The van der Waals surface area contributed by atoms with Gasteiger partial charge in [0.25, 0.3) is 0 Å². The van der Waals surface area contributed by atoms with Gasteiger partial charge in [-0.15, -0.1) is 0 Å². The zero-order valence-electron chi connectivity index (χ0n) is 16.2. The Balaban J connectivity index is 2.60. The van der Waals surface area contributed by atoms with Crippen molar-refractivity contribution in [2.24, 2.45) is 11.1 Å². The summed E-state index contributed by atoms with van der Waals surface area (Å²) < 4.78 is 0. The van der Waals surface area contributed by atoms with Crippen LogP contribution < -0.4 is 11.2 Å². The molecule has 3 N–H and O–H groups in total. The van der Waals surface area contributed by atoms with Crippen LogP contribution in [0.15, 0.2) is 58.7 Å². The van der Waals surface area contributed by atoms with Crippen LogP contribution in [0.1, 0.15) is 53.9 Å². The normalized spacial score (nSPS) is 19.1. The second kappa shape index (κ2) is 10.0. The number of carbonyl (C=O) groups is 1. The first-order valence-electron chi connectivity index (χ1n) is 8.79. The zero-order valence-corrected chi connectivity index (χ0v) is 16.2. The van der Waals surface area contributed by atoms with E-state index in [9.17, 15) is 4.79 Å². The fraction of sp³-hybridized carbons (Fsp3) is 0.476. The summed E-state index contributed by atoms with van der Waals surface area (Å²) in [5.41, 5.74) is 12.5. The Hall–Kier alpha value is -2.07. The van der Waals surface area contributed by atoms with Crippen LogP contribution in [0.4, 0.5) is 4.79 Å². The Bertz CT molecular complexity index is 620. The maximum absolute atomic E-state index is 10.5. The number of nitrogens with two attached hydrogens (primary N) is 1. The average Bonchev–Trinajstić information content (AvgIpc) is 2.50. The molecule has 0 spiro atoms. The van der Waals surface area contributed by atoms with Gasteiger partial charge >= 0.3 is 6.03 Å².